The van der Waals surface area contributed by atoms with E-state index in [0.29, 0.717) is 6.54 Å². The minimum atomic E-state index is 0.235. The summed E-state index contributed by atoms with van der Waals surface area (Å²) in [6.45, 7) is 3.21. The van der Waals surface area contributed by atoms with Crippen molar-refractivity contribution in [3.63, 3.8) is 0 Å². The van der Waals surface area contributed by atoms with E-state index in [4.69, 9.17) is 0 Å². The second-order valence-electron chi connectivity index (χ2n) is 3.13. The molecule has 0 aliphatic heterocycles. The number of nitrogens with one attached hydrogen (secondary N) is 1. The van der Waals surface area contributed by atoms with Gasteiger partial charge in [-0.25, -0.2) is 0 Å². The lowest BCUT2D eigenvalue weighted by atomic mass is 9.85. The Bertz CT molecular complexity index is 118. The van der Waals surface area contributed by atoms with E-state index >= 15 is 0 Å². The van der Waals surface area contributed by atoms with Gasteiger partial charge >= 0.3 is 0 Å². The van der Waals surface area contributed by atoms with Crippen molar-refractivity contribution < 1.29 is 4.79 Å². The summed E-state index contributed by atoms with van der Waals surface area (Å²) in [4.78, 5) is 10.5. The highest BCUT2D eigenvalue weighted by Crippen LogP contribution is 2.24. The molecule has 0 radical (unpaired) electrons. The highest BCUT2D eigenvalue weighted by molar-refractivity contribution is 5.77. The van der Waals surface area contributed by atoms with Crippen LogP contribution in [-0.4, -0.2) is 18.9 Å². The van der Waals surface area contributed by atoms with Crippen molar-refractivity contribution in [2.45, 2.75) is 26.2 Å². The first-order valence-corrected chi connectivity index (χ1v) is 3.99. The molecule has 0 aromatic carbocycles. The van der Waals surface area contributed by atoms with Gasteiger partial charge in [-0.15, -0.1) is 0 Å². The molecule has 1 aliphatic rings. The van der Waals surface area contributed by atoms with Gasteiger partial charge in [0, 0.05) is 0 Å². The maximum atomic E-state index is 10.5. The van der Waals surface area contributed by atoms with Crippen LogP contribution in [0.1, 0.15) is 26.2 Å². The van der Waals surface area contributed by atoms with E-state index in [1.807, 2.05) is 0 Å². The monoisotopic (exact) mass is 141 g/mol. The molecule has 1 fully saturated rings. The first kappa shape index (κ1) is 7.73. The maximum Gasteiger partial charge on any atom is 0.143 e. The van der Waals surface area contributed by atoms with Crippen LogP contribution in [0, 0.1) is 5.92 Å². The summed E-state index contributed by atoms with van der Waals surface area (Å²) in [7, 11) is 0. The second-order valence-corrected chi connectivity index (χ2v) is 3.13. The molecule has 10 heavy (non-hydrogen) atoms. The van der Waals surface area contributed by atoms with Gasteiger partial charge < -0.3 is 5.32 Å². The fraction of sp³-hybridized carbons (Fsp3) is 0.875. The van der Waals surface area contributed by atoms with Crippen molar-refractivity contribution in [2.24, 2.45) is 5.92 Å². The smallest absolute Gasteiger partial charge is 0.143 e. The lowest BCUT2D eigenvalue weighted by Gasteiger charge is -2.25. The van der Waals surface area contributed by atoms with Crippen molar-refractivity contribution in [1.29, 1.82) is 0 Å². The van der Waals surface area contributed by atoms with Crippen LogP contribution in [0.2, 0.25) is 0 Å². The highest BCUT2D eigenvalue weighted by Gasteiger charge is 2.16. The summed E-state index contributed by atoms with van der Waals surface area (Å²) >= 11 is 0. The SMILES string of the molecule is CC(=O)CNCC1CCC1. The molecule has 0 saturated heterocycles. The zero-order valence-electron chi connectivity index (χ0n) is 6.52. The molecule has 0 spiro atoms. The predicted octanol–water partition coefficient (Wildman–Crippen LogP) is 0.965. The molecule has 0 amide bonds. The molecule has 0 aromatic heterocycles. The van der Waals surface area contributed by atoms with Gasteiger partial charge in [-0.3, -0.25) is 4.79 Å². The topological polar surface area (TPSA) is 29.1 Å². The molecule has 0 heterocycles. The molecule has 1 rings (SSSR count). The van der Waals surface area contributed by atoms with Crippen molar-refractivity contribution in [2.75, 3.05) is 13.1 Å². The number of Topliss-reactive ketones (excluding diaryl/α,β-unsaturated/α-hetero) is 1. The molecule has 1 aliphatic carbocycles. The Hall–Kier alpha value is -0.370. The Morgan fingerprint density at radius 2 is 2.30 bits per heavy atom. The van der Waals surface area contributed by atoms with E-state index in [2.05, 4.69) is 5.32 Å². The summed E-state index contributed by atoms with van der Waals surface area (Å²) in [5.41, 5.74) is 0. The first-order valence-electron chi connectivity index (χ1n) is 3.99. The van der Waals surface area contributed by atoms with Gasteiger partial charge in [0.25, 0.3) is 0 Å². The minimum absolute atomic E-state index is 0.235. The standard InChI is InChI=1S/C8H15NO/c1-7(10)5-9-6-8-3-2-4-8/h8-9H,2-6H2,1H3. The van der Waals surface area contributed by atoms with Crippen LogP contribution in [0.15, 0.2) is 0 Å². The molecule has 2 heteroatoms. The van der Waals surface area contributed by atoms with Crippen LogP contribution in [0.3, 0.4) is 0 Å². The third-order valence-corrected chi connectivity index (χ3v) is 2.03. The molecule has 58 valence electrons. The Kier molecular flexibility index (Phi) is 2.87. The van der Waals surface area contributed by atoms with Crippen LogP contribution >= 0.6 is 0 Å². The average molecular weight is 141 g/mol. The highest BCUT2D eigenvalue weighted by atomic mass is 16.1. The van der Waals surface area contributed by atoms with Gasteiger partial charge in [-0.2, -0.15) is 0 Å². The van der Waals surface area contributed by atoms with Gasteiger partial charge in [0.1, 0.15) is 5.78 Å². The van der Waals surface area contributed by atoms with E-state index < -0.39 is 0 Å². The summed E-state index contributed by atoms with van der Waals surface area (Å²) < 4.78 is 0. The van der Waals surface area contributed by atoms with Gasteiger partial charge in [-0.05, 0) is 32.2 Å². The largest absolute Gasteiger partial charge is 0.310 e. The van der Waals surface area contributed by atoms with Crippen LogP contribution in [0.5, 0.6) is 0 Å². The van der Waals surface area contributed by atoms with Crippen LogP contribution in [-0.2, 0) is 4.79 Å². The molecular formula is C8H15NO. The molecule has 1 N–H and O–H groups in total. The van der Waals surface area contributed by atoms with E-state index in [1.165, 1.54) is 19.3 Å². The normalized spacial score (nSPS) is 18.5. The number of rotatable bonds is 4. The van der Waals surface area contributed by atoms with Crippen molar-refractivity contribution >= 4 is 5.78 Å². The number of ketones is 1. The lowest BCUT2D eigenvalue weighted by molar-refractivity contribution is -0.116. The zero-order valence-corrected chi connectivity index (χ0v) is 6.52. The molecule has 0 aromatic rings. The maximum absolute atomic E-state index is 10.5. The molecule has 2 nitrogen and oxygen atoms in total. The molecule has 0 unspecified atom stereocenters. The van der Waals surface area contributed by atoms with Gasteiger partial charge in [0.05, 0.1) is 6.54 Å². The van der Waals surface area contributed by atoms with Crippen LogP contribution in [0.4, 0.5) is 0 Å². The minimum Gasteiger partial charge on any atom is -0.310 e. The number of hydrogen-bond donors (Lipinski definition) is 1. The Balaban J connectivity index is 1.89. The van der Waals surface area contributed by atoms with Crippen molar-refractivity contribution in [1.82, 2.24) is 5.32 Å². The fourth-order valence-electron chi connectivity index (χ4n) is 1.15. The fourth-order valence-corrected chi connectivity index (χ4v) is 1.15. The van der Waals surface area contributed by atoms with Gasteiger partial charge in [0.15, 0.2) is 0 Å². The van der Waals surface area contributed by atoms with E-state index in [-0.39, 0.29) is 5.78 Å². The molecule has 0 bridgehead atoms. The van der Waals surface area contributed by atoms with Crippen LogP contribution < -0.4 is 5.32 Å². The number of carbonyl (C=O) groups excluding carboxylic acids is 1. The molecule has 0 atom stereocenters. The third-order valence-electron chi connectivity index (χ3n) is 2.03. The average Bonchev–Trinajstić information content (AvgIpc) is 1.75. The first-order chi connectivity index (χ1) is 4.79. The van der Waals surface area contributed by atoms with Crippen LogP contribution in [0.25, 0.3) is 0 Å². The van der Waals surface area contributed by atoms with Crippen molar-refractivity contribution in [3.05, 3.63) is 0 Å². The predicted molar refractivity (Wildman–Crippen MR) is 40.9 cm³/mol. The lowest BCUT2D eigenvalue weighted by Crippen LogP contribution is -2.30. The van der Waals surface area contributed by atoms with Gasteiger partial charge in [-0.1, -0.05) is 6.42 Å². The summed E-state index contributed by atoms with van der Waals surface area (Å²) in [6, 6.07) is 0. The summed E-state index contributed by atoms with van der Waals surface area (Å²) in [5, 5.41) is 3.14. The van der Waals surface area contributed by atoms with E-state index in [1.54, 1.807) is 6.92 Å². The quantitative estimate of drug-likeness (QED) is 0.632. The van der Waals surface area contributed by atoms with Gasteiger partial charge in [0.2, 0.25) is 0 Å². The molecular weight excluding hydrogens is 126 g/mol. The van der Waals surface area contributed by atoms with E-state index in [0.717, 1.165) is 12.5 Å². The Morgan fingerprint density at radius 1 is 1.60 bits per heavy atom. The molecule has 1 saturated carbocycles. The Labute approximate surface area is 62.0 Å². The summed E-state index contributed by atoms with van der Waals surface area (Å²) in [5.74, 6) is 1.10. The zero-order chi connectivity index (χ0) is 7.40. The van der Waals surface area contributed by atoms with E-state index in [9.17, 15) is 4.79 Å². The Morgan fingerprint density at radius 3 is 2.70 bits per heavy atom. The third kappa shape index (κ3) is 2.48. The number of carbonyl (C=O) groups is 1. The summed E-state index contributed by atoms with van der Waals surface area (Å²) in [6.07, 6.45) is 4.09. The number of hydrogen-bond acceptors (Lipinski definition) is 2. The van der Waals surface area contributed by atoms with Crippen molar-refractivity contribution in [3.8, 4) is 0 Å². The second kappa shape index (κ2) is 3.71.